The zero-order valence-corrected chi connectivity index (χ0v) is 10.6. The lowest BCUT2D eigenvalue weighted by Crippen LogP contribution is -2.24. The summed E-state index contributed by atoms with van der Waals surface area (Å²) in [7, 11) is 0. The van der Waals surface area contributed by atoms with E-state index in [1.54, 1.807) is 0 Å². The van der Waals surface area contributed by atoms with Gasteiger partial charge in [0.05, 0.1) is 6.10 Å². The van der Waals surface area contributed by atoms with E-state index in [1.807, 2.05) is 0 Å². The lowest BCUT2D eigenvalue weighted by Gasteiger charge is -2.28. The Balaban J connectivity index is 2.05. The summed E-state index contributed by atoms with van der Waals surface area (Å²) in [5, 5.41) is 0. The van der Waals surface area contributed by atoms with Crippen LogP contribution in [0.4, 0.5) is 0 Å². The van der Waals surface area contributed by atoms with Gasteiger partial charge >= 0.3 is 0 Å². The van der Waals surface area contributed by atoms with Crippen molar-refractivity contribution in [3.63, 3.8) is 0 Å². The highest BCUT2D eigenvalue weighted by Crippen LogP contribution is 2.29. The highest BCUT2D eigenvalue weighted by atomic mass is 16.5. The van der Waals surface area contributed by atoms with Gasteiger partial charge in [0.1, 0.15) is 5.75 Å². The molecule has 0 spiro atoms. The van der Waals surface area contributed by atoms with Crippen molar-refractivity contribution in [2.75, 3.05) is 0 Å². The Morgan fingerprint density at radius 2 is 2.00 bits per heavy atom. The molecule has 0 aliphatic heterocycles. The quantitative estimate of drug-likeness (QED) is 0.720. The van der Waals surface area contributed by atoms with Crippen LogP contribution < -0.4 is 4.74 Å². The summed E-state index contributed by atoms with van der Waals surface area (Å²) in [5.41, 5.74) is 2.54. The molecule has 0 bridgehead atoms. The van der Waals surface area contributed by atoms with Gasteiger partial charge in [0, 0.05) is 0 Å². The van der Waals surface area contributed by atoms with Crippen LogP contribution in [0, 0.1) is 19.8 Å². The number of ether oxygens (including phenoxy) is 1. The number of hydrogen-bond acceptors (Lipinski definition) is 1. The maximum atomic E-state index is 6.14. The molecule has 88 valence electrons. The third-order valence-electron chi connectivity index (χ3n) is 3.53. The Kier molecular flexibility index (Phi) is 3.52. The van der Waals surface area contributed by atoms with Crippen molar-refractivity contribution in [1.29, 1.82) is 0 Å². The van der Waals surface area contributed by atoms with Crippen LogP contribution >= 0.6 is 0 Å². The minimum Gasteiger partial charge on any atom is -0.490 e. The minimum atomic E-state index is 0.434. The summed E-state index contributed by atoms with van der Waals surface area (Å²) < 4.78 is 6.14. The first-order chi connectivity index (χ1) is 7.65. The topological polar surface area (TPSA) is 9.23 Å². The molecule has 1 saturated carbocycles. The molecule has 2 unspecified atom stereocenters. The molecular formula is C15H22O. The largest absolute Gasteiger partial charge is 0.490 e. The molecule has 1 aliphatic rings. The number of rotatable bonds is 2. The number of hydrogen-bond donors (Lipinski definition) is 0. The second-order valence-electron chi connectivity index (χ2n) is 5.28. The average molecular weight is 218 g/mol. The fourth-order valence-electron chi connectivity index (χ4n) is 2.50. The van der Waals surface area contributed by atoms with Gasteiger partial charge in [-0.05, 0) is 56.2 Å². The molecule has 1 aromatic carbocycles. The van der Waals surface area contributed by atoms with Gasteiger partial charge in [-0.25, -0.2) is 0 Å². The highest BCUT2D eigenvalue weighted by molar-refractivity contribution is 5.36. The zero-order valence-electron chi connectivity index (χ0n) is 10.6. The first-order valence-corrected chi connectivity index (χ1v) is 6.39. The minimum absolute atomic E-state index is 0.434. The van der Waals surface area contributed by atoms with Crippen LogP contribution in [0.2, 0.25) is 0 Å². The zero-order chi connectivity index (χ0) is 11.5. The molecule has 0 heterocycles. The molecule has 0 N–H and O–H groups in total. The van der Waals surface area contributed by atoms with Crippen molar-refractivity contribution in [1.82, 2.24) is 0 Å². The van der Waals surface area contributed by atoms with Crippen LogP contribution in [0.15, 0.2) is 18.2 Å². The van der Waals surface area contributed by atoms with Gasteiger partial charge in [-0.1, -0.05) is 25.5 Å². The van der Waals surface area contributed by atoms with Crippen molar-refractivity contribution >= 4 is 0 Å². The summed E-state index contributed by atoms with van der Waals surface area (Å²) in [6.07, 6.45) is 5.55. The van der Waals surface area contributed by atoms with Gasteiger partial charge in [0.2, 0.25) is 0 Å². The summed E-state index contributed by atoms with van der Waals surface area (Å²) in [5.74, 6) is 1.91. The van der Waals surface area contributed by atoms with E-state index in [9.17, 15) is 0 Å². The van der Waals surface area contributed by atoms with Crippen LogP contribution in [0.3, 0.4) is 0 Å². The molecule has 1 aliphatic carbocycles. The SMILES string of the molecule is Cc1ccc(C)c(OC2CCCC(C)C2)c1. The van der Waals surface area contributed by atoms with E-state index in [0.29, 0.717) is 6.10 Å². The van der Waals surface area contributed by atoms with E-state index in [4.69, 9.17) is 4.74 Å². The summed E-state index contributed by atoms with van der Waals surface area (Å²) in [6, 6.07) is 6.46. The van der Waals surface area contributed by atoms with Crippen LogP contribution in [0.25, 0.3) is 0 Å². The molecule has 0 radical (unpaired) electrons. The maximum absolute atomic E-state index is 6.14. The van der Waals surface area contributed by atoms with Crippen molar-refractivity contribution < 1.29 is 4.74 Å². The first-order valence-electron chi connectivity index (χ1n) is 6.39. The molecule has 1 fully saturated rings. The molecule has 0 aromatic heterocycles. The maximum Gasteiger partial charge on any atom is 0.122 e. The number of aryl methyl sites for hydroxylation is 2. The van der Waals surface area contributed by atoms with Crippen molar-refractivity contribution in [3.8, 4) is 5.75 Å². The molecule has 1 nitrogen and oxygen atoms in total. The molecule has 2 atom stereocenters. The van der Waals surface area contributed by atoms with E-state index in [-0.39, 0.29) is 0 Å². The first kappa shape index (κ1) is 11.5. The monoisotopic (exact) mass is 218 g/mol. The molecule has 0 amide bonds. The molecule has 0 saturated heterocycles. The van der Waals surface area contributed by atoms with Crippen molar-refractivity contribution in [2.24, 2.45) is 5.92 Å². The summed E-state index contributed by atoms with van der Waals surface area (Å²) >= 11 is 0. The smallest absolute Gasteiger partial charge is 0.122 e. The Morgan fingerprint density at radius 1 is 1.19 bits per heavy atom. The van der Waals surface area contributed by atoms with Gasteiger partial charge in [0.25, 0.3) is 0 Å². The van der Waals surface area contributed by atoms with Crippen LogP contribution in [0.1, 0.15) is 43.7 Å². The third kappa shape index (κ3) is 2.78. The Hall–Kier alpha value is -0.980. The van der Waals surface area contributed by atoms with E-state index >= 15 is 0 Å². The normalized spacial score (nSPS) is 25.4. The van der Waals surface area contributed by atoms with E-state index in [2.05, 4.69) is 39.0 Å². The predicted octanol–water partition coefficient (Wildman–Crippen LogP) is 4.26. The highest BCUT2D eigenvalue weighted by Gasteiger charge is 2.20. The fraction of sp³-hybridized carbons (Fsp3) is 0.600. The predicted molar refractivity (Wildman–Crippen MR) is 68.0 cm³/mol. The second-order valence-corrected chi connectivity index (χ2v) is 5.28. The van der Waals surface area contributed by atoms with Gasteiger partial charge in [-0.3, -0.25) is 0 Å². The Morgan fingerprint density at radius 3 is 2.75 bits per heavy atom. The Bertz CT molecular complexity index is 356. The van der Waals surface area contributed by atoms with Crippen LogP contribution in [-0.4, -0.2) is 6.10 Å². The van der Waals surface area contributed by atoms with Crippen LogP contribution in [-0.2, 0) is 0 Å². The lowest BCUT2D eigenvalue weighted by molar-refractivity contribution is 0.128. The summed E-state index contributed by atoms with van der Waals surface area (Å²) in [4.78, 5) is 0. The van der Waals surface area contributed by atoms with Gasteiger partial charge in [-0.2, -0.15) is 0 Å². The molecule has 1 heteroatoms. The number of benzene rings is 1. The second kappa shape index (κ2) is 4.90. The fourth-order valence-corrected chi connectivity index (χ4v) is 2.50. The molecule has 2 rings (SSSR count). The van der Waals surface area contributed by atoms with E-state index < -0.39 is 0 Å². The molecule has 16 heavy (non-hydrogen) atoms. The van der Waals surface area contributed by atoms with Crippen molar-refractivity contribution in [3.05, 3.63) is 29.3 Å². The summed E-state index contributed by atoms with van der Waals surface area (Å²) in [6.45, 7) is 6.58. The van der Waals surface area contributed by atoms with Gasteiger partial charge in [0.15, 0.2) is 0 Å². The van der Waals surface area contributed by atoms with E-state index in [0.717, 1.165) is 11.7 Å². The van der Waals surface area contributed by atoms with Crippen LogP contribution in [0.5, 0.6) is 5.75 Å². The standard InChI is InChI=1S/C15H22O/c1-11-5-4-6-14(9-11)16-15-10-12(2)7-8-13(15)3/h7-8,10-11,14H,4-6,9H2,1-3H3. The third-order valence-corrected chi connectivity index (χ3v) is 3.53. The van der Waals surface area contributed by atoms with Crippen molar-refractivity contribution in [2.45, 2.75) is 52.6 Å². The van der Waals surface area contributed by atoms with E-state index in [1.165, 1.54) is 36.8 Å². The molecule has 1 aromatic rings. The van der Waals surface area contributed by atoms with Gasteiger partial charge < -0.3 is 4.74 Å². The van der Waals surface area contributed by atoms with Gasteiger partial charge in [-0.15, -0.1) is 0 Å². The average Bonchev–Trinajstić information content (AvgIpc) is 2.24. The Labute approximate surface area is 98.8 Å². The lowest BCUT2D eigenvalue weighted by atomic mass is 9.88. The molecular weight excluding hydrogens is 196 g/mol.